The first-order valence-electron chi connectivity index (χ1n) is 13.9. The molecule has 1 unspecified atom stereocenters. The van der Waals surface area contributed by atoms with E-state index in [2.05, 4.69) is 32.8 Å². The van der Waals surface area contributed by atoms with Crippen molar-refractivity contribution in [1.29, 1.82) is 0 Å². The maximum atomic E-state index is 13.7. The van der Waals surface area contributed by atoms with Gasteiger partial charge in [-0.25, -0.2) is 9.38 Å². The van der Waals surface area contributed by atoms with Crippen molar-refractivity contribution in [3.8, 4) is 0 Å². The molecule has 3 aliphatic rings. The highest BCUT2D eigenvalue weighted by atomic mass is 32.2. The lowest BCUT2D eigenvalue weighted by Gasteiger charge is -2.37. The number of nitrogens with one attached hydrogen (secondary N) is 1. The van der Waals surface area contributed by atoms with Gasteiger partial charge in [-0.15, -0.1) is 11.8 Å². The van der Waals surface area contributed by atoms with Crippen LogP contribution in [0, 0.1) is 18.8 Å². The van der Waals surface area contributed by atoms with Crippen LogP contribution in [0.2, 0.25) is 0 Å². The number of alkyl halides is 1. The zero-order valence-corrected chi connectivity index (χ0v) is 23.7. The summed E-state index contributed by atoms with van der Waals surface area (Å²) in [5.74, 6) is -0.281. The van der Waals surface area contributed by atoms with Gasteiger partial charge in [0.2, 0.25) is 0 Å². The number of hydrogen-bond donors (Lipinski definition) is 1. The van der Waals surface area contributed by atoms with Crippen LogP contribution in [0.15, 0.2) is 40.2 Å². The Morgan fingerprint density at radius 1 is 1.18 bits per heavy atom. The molecule has 38 heavy (non-hydrogen) atoms. The van der Waals surface area contributed by atoms with Gasteiger partial charge in [0.15, 0.2) is 0 Å². The molecule has 2 aromatic rings. The summed E-state index contributed by atoms with van der Waals surface area (Å²) >= 11 is 1.53. The third-order valence-electron chi connectivity index (χ3n) is 8.87. The number of benzene rings is 1. The number of thioether (sulfide) groups is 1. The van der Waals surface area contributed by atoms with Crippen molar-refractivity contribution in [1.82, 2.24) is 14.8 Å². The number of aliphatic imine (C=N–C) groups is 1. The van der Waals surface area contributed by atoms with Gasteiger partial charge in [0.1, 0.15) is 6.17 Å². The molecule has 5 rings (SSSR count). The summed E-state index contributed by atoms with van der Waals surface area (Å²) in [7, 11) is 0. The lowest BCUT2D eigenvalue weighted by atomic mass is 9.81. The number of allylic oxidation sites excluding steroid dienone is 1. The number of rotatable bonds is 7. The van der Waals surface area contributed by atoms with Crippen molar-refractivity contribution in [2.75, 3.05) is 25.9 Å². The maximum absolute atomic E-state index is 13.7. The molecule has 2 amide bonds. The zero-order valence-electron chi connectivity index (χ0n) is 22.9. The lowest BCUT2D eigenvalue weighted by Crippen LogP contribution is -2.38. The Hall–Kier alpha value is -2.45. The second kappa shape index (κ2) is 11.3. The van der Waals surface area contributed by atoms with E-state index in [1.807, 2.05) is 44.4 Å². The van der Waals surface area contributed by atoms with Gasteiger partial charge in [-0.2, -0.15) is 0 Å². The first-order valence-corrected chi connectivity index (χ1v) is 15.1. The van der Waals surface area contributed by atoms with Gasteiger partial charge >= 0.3 is 0 Å². The highest BCUT2D eigenvalue weighted by molar-refractivity contribution is 8.02. The molecule has 8 heteroatoms. The molecule has 3 heterocycles. The van der Waals surface area contributed by atoms with Gasteiger partial charge in [-0.3, -0.25) is 14.5 Å². The van der Waals surface area contributed by atoms with Crippen LogP contribution >= 0.6 is 11.8 Å². The Kier molecular flexibility index (Phi) is 8.10. The molecule has 1 saturated heterocycles. The maximum Gasteiger partial charge on any atom is 0.255 e. The summed E-state index contributed by atoms with van der Waals surface area (Å²) in [5, 5.41) is 3.99. The normalized spacial score (nSPS) is 27.3. The molecule has 1 N–H and O–H groups in total. The molecule has 0 bridgehead atoms. The number of aromatic nitrogens is 1. The number of hydrogen-bond acceptors (Lipinski definition) is 4. The van der Waals surface area contributed by atoms with E-state index >= 15 is 0 Å². The SMILES string of the molecule is CSC1=CC(C)=NC(=O)C1CNC(=O)c1c(C)n([C@H](C)C2CCC(N3CC[C@@H](F)C3)CC2)c2ccccc12. The van der Waals surface area contributed by atoms with E-state index < -0.39 is 12.1 Å². The van der Waals surface area contributed by atoms with E-state index in [1.54, 1.807) is 0 Å². The number of dihydropyridines is 1. The fourth-order valence-electron chi connectivity index (χ4n) is 6.82. The minimum Gasteiger partial charge on any atom is -0.351 e. The van der Waals surface area contributed by atoms with Gasteiger partial charge in [0.05, 0.1) is 11.5 Å². The van der Waals surface area contributed by atoms with Gasteiger partial charge < -0.3 is 9.88 Å². The fourth-order valence-corrected chi connectivity index (χ4v) is 7.58. The zero-order chi connectivity index (χ0) is 27.0. The Balaban J connectivity index is 1.33. The summed E-state index contributed by atoms with van der Waals surface area (Å²) in [4.78, 5) is 33.5. The van der Waals surface area contributed by atoms with E-state index in [0.717, 1.165) is 53.7 Å². The third-order valence-corrected chi connectivity index (χ3v) is 9.75. The minimum atomic E-state index is -0.665. The average molecular weight is 539 g/mol. The van der Waals surface area contributed by atoms with Crippen LogP contribution in [0.1, 0.15) is 68.0 Å². The molecule has 204 valence electrons. The fraction of sp³-hybridized carbons (Fsp3) is 0.567. The topological polar surface area (TPSA) is 66.7 Å². The number of carbonyl (C=O) groups is 2. The number of nitrogens with zero attached hydrogens (tertiary/aromatic N) is 3. The number of halogens is 1. The molecule has 1 aromatic carbocycles. The molecule has 2 fully saturated rings. The van der Waals surface area contributed by atoms with Gasteiger partial charge in [0, 0.05) is 58.9 Å². The van der Waals surface area contributed by atoms with Crippen molar-refractivity contribution in [2.24, 2.45) is 16.8 Å². The van der Waals surface area contributed by atoms with Crippen LogP contribution in [0.25, 0.3) is 10.9 Å². The summed E-state index contributed by atoms with van der Waals surface area (Å²) in [6, 6.07) is 8.87. The quantitative estimate of drug-likeness (QED) is 0.491. The van der Waals surface area contributed by atoms with Crippen LogP contribution in [-0.2, 0) is 4.79 Å². The Bertz CT molecular complexity index is 1280. The van der Waals surface area contributed by atoms with Crippen LogP contribution in [0.4, 0.5) is 4.39 Å². The summed E-state index contributed by atoms with van der Waals surface area (Å²) in [5.41, 5.74) is 3.42. The predicted molar refractivity (Wildman–Crippen MR) is 154 cm³/mol. The van der Waals surface area contributed by atoms with Gasteiger partial charge in [0.25, 0.3) is 11.8 Å². The summed E-state index contributed by atoms with van der Waals surface area (Å²) in [6.45, 7) is 7.84. The Morgan fingerprint density at radius 3 is 2.61 bits per heavy atom. The molecule has 1 aromatic heterocycles. The van der Waals surface area contributed by atoms with Gasteiger partial charge in [-0.05, 0) is 77.2 Å². The van der Waals surface area contributed by atoms with Crippen LogP contribution in [0.5, 0.6) is 0 Å². The summed E-state index contributed by atoms with van der Waals surface area (Å²) < 4.78 is 16.1. The van der Waals surface area contributed by atoms with Crippen molar-refractivity contribution >= 4 is 40.2 Å². The van der Waals surface area contributed by atoms with Crippen LogP contribution in [0.3, 0.4) is 0 Å². The first kappa shape index (κ1) is 27.1. The summed E-state index contributed by atoms with van der Waals surface area (Å²) in [6.07, 6.45) is 8.32. The van der Waals surface area contributed by atoms with E-state index in [9.17, 15) is 14.0 Å². The second-order valence-electron chi connectivity index (χ2n) is 11.1. The Labute approximate surface area is 229 Å². The number of para-hydroxylation sites is 1. The van der Waals surface area contributed by atoms with Crippen molar-refractivity contribution in [3.63, 3.8) is 0 Å². The molecule has 0 spiro atoms. The minimum absolute atomic E-state index is 0.150. The highest BCUT2D eigenvalue weighted by Gasteiger charge is 2.34. The molecular formula is C30H39FN4O2S. The van der Waals surface area contributed by atoms with Crippen LogP contribution < -0.4 is 5.32 Å². The molecule has 6 nitrogen and oxygen atoms in total. The van der Waals surface area contributed by atoms with Crippen molar-refractivity contribution in [3.05, 3.63) is 46.5 Å². The van der Waals surface area contributed by atoms with Crippen LogP contribution in [-0.4, -0.2) is 65.1 Å². The van der Waals surface area contributed by atoms with E-state index in [0.29, 0.717) is 36.2 Å². The standard InChI is InChI=1S/C30H39FN4O2S/c1-18-15-27(38-4)25(29(36)33-18)16-32-30(37)28-20(3)35(26-8-6-5-7-24(26)28)19(2)21-9-11-23(12-10-21)34-14-13-22(31)17-34/h5-8,15,19,21-23,25H,9-14,16-17H2,1-4H3,(H,32,37)/t19-,21?,22-,23?,25?/m1/s1. The molecular weight excluding hydrogens is 499 g/mol. The monoisotopic (exact) mass is 538 g/mol. The number of carbonyl (C=O) groups excluding carboxylic acids is 2. The first-order chi connectivity index (χ1) is 18.3. The number of likely N-dealkylation sites (tertiary alicyclic amines) is 1. The smallest absolute Gasteiger partial charge is 0.255 e. The average Bonchev–Trinajstić information content (AvgIpc) is 3.47. The van der Waals surface area contributed by atoms with E-state index in [1.165, 1.54) is 11.8 Å². The highest BCUT2D eigenvalue weighted by Crippen LogP contribution is 2.39. The number of amides is 2. The predicted octanol–water partition coefficient (Wildman–Crippen LogP) is 5.71. The number of fused-ring (bicyclic) bond motifs is 1. The van der Waals surface area contributed by atoms with E-state index in [-0.39, 0.29) is 24.4 Å². The molecule has 1 aliphatic carbocycles. The van der Waals surface area contributed by atoms with Crippen molar-refractivity contribution < 1.29 is 14.0 Å². The van der Waals surface area contributed by atoms with E-state index in [4.69, 9.17) is 0 Å². The molecule has 0 radical (unpaired) electrons. The Morgan fingerprint density at radius 2 is 1.92 bits per heavy atom. The van der Waals surface area contributed by atoms with Crippen molar-refractivity contribution in [2.45, 2.75) is 71.1 Å². The third kappa shape index (κ3) is 5.22. The van der Waals surface area contributed by atoms with Gasteiger partial charge in [-0.1, -0.05) is 18.2 Å². The molecule has 2 aliphatic heterocycles. The lowest BCUT2D eigenvalue weighted by molar-refractivity contribution is -0.120. The second-order valence-corrected chi connectivity index (χ2v) is 12.0. The molecule has 1 saturated carbocycles. The molecule has 3 atom stereocenters. The largest absolute Gasteiger partial charge is 0.351 e.